The van der Waals surface area contributed by atoms with Crippen molar-refractivity contribution in [2.45, 2.75) is 0 Å². The molecule has 0 aliphatic heterocycles. The van der Waals surface area contributed by atoms with Gasteiger partial charge in [0.05, 0.1) is 0 Å². The Kier molecular flexibility index (Phi) is 1.11. The molecule has 0 aliphatic rings. The fourth-order valence-corrected chi connectivity index (χ4v) is 0.387. The van der Waals surface area contributed by atoms with Gasteiger partial charge in [0.15, 0.2) is 6.39 Å². The average molecular weight is 129 g/mol. The van der Waals surface area contributed by atoms with Gasteiger partial charge < -0.3 is 14.6 Å². The smallest absolute Gasteiger partial charge is 0.362 e. The number of nitrogens with zero attached hydrogens (tertiary/aromatic N) is 1. The molecule has 0 unspecified atom stereocenters. The molecule has 0 aromatic carbocycles. The van der Waals surface area contributed by atoms with E-state index in [2.05, 4.69) is 9.40 Å². The minimum absolute atomic E-state index is 0.463. The first-order valence-electron chi connectivity index (χ1n) is 2.07. The van der Waals surface area contributed by atoms with Crippen molar-refractivity contribution in [1.82, 2.24) is 4.98 Å². The molecule has 0 saturated carbocycles. The van der Waals surface area contributed by atoms with E-state index in [-0.39, 0.29) is 0 Å². The summed E-state index contributed by atoms with van der Waals surface area (Å²) in [6.45, 7) is 0. The molecule has 9 heavy (non-hydrogen) atoms. The lowest BCUT2D eigenvalue weighted by Gasteiger charge is -1.81. The predicted octanol–water partition coefficient (Wildman–Crippen LogP) is 0.0784. The van der Waals surface area contributed by atoms with E-state index in [1.807, 2.05) is 0 Å². The topological polar surface area (TPSA) is 83.6 Å². The zero-order valence-corrected chi connectivity index (χ0v) is 4.24. The molecule has 0 amide bonds. The molecule has 0 spiro atoms. The van der Waals surface area contributed by atoms with Gasteiger partial charge in [0.2, 0.25) is 5.69 Å². The second kappa shape index (κ2) is 1.77. The van der Waals surface area contributed by atoms with Crippen LogP contribution in [0, 0.1) is 0 Å². The molecular formula is C4H3NO4. The van der Waals surface area contributed by atoms with E-state index in [0.717, 1.165) is 6.39 Å². The highest BCUT2D eigenvalue weighted by Gasteiger charge is 2.13. The molecule has 1 aromatic rings. The van der Waals surface area contributed by atoms with Crippen LogP contribution in [0.4, 0.5) is 0 Å². The predicted molar refractivity (Wildman–Crippen MR) is 25.1 cm³/mol. The number of aromatic carboxylic acids is 1. The molecule has 0 bridgehead atoms. The first kappa shape index (κ1) is 5.61. The van der Waals surface area contributed by atoms with Gasteiger partial charge in [-0.2, -0.15) is 0 Å². The third kappa shape index (κ3) is 0.835. The van der Waals surface area contributed by atoms with E-state index >= 15 is 0 Å². The standard InChI is InChI=1S/C4H3NO4/c6-3(7)2-4(8)9-1-5-2/h1,8H,(H,6,7). The van der Waals surface area contributed by atoms with E-state index in [1.54, 1.807) is 0 Å². The Bertz CT molecular complexity index is 228. The van der Waals surface area contributed by atoms with Crippen LogP contribution in [0.2, 0.25) is 0 Å². The highest BCUT2D eigenvalue weighted by Crippen LogP contribution is 2.12. The fraction of sp³-hybridized carbons (Fsp3) is 0. The van der Waals surface area contributed by atoms with Crippen LogP contribution >= 0.6 is 0 Å². The molecule has 5 nitrogen and oxygen atoms in total. The van der Waals surface area contributed by atoms with Gasteiger partial charge in [-0.1, -0.05) is 0 Å². The van der Waals surface area contributed by atoms with Crippen molar-refractivity contribution in [1.29, 1.82) is 0 Å². The normalized spacial score (nSPS) is 9.33. The maximum Gasteiger partial charge on any atom is 0.362 e. The Balaban J connectivity index is 3.08. The number of carbonyl (C=O) groups is 1. The van der Waals surface area contributed by atoms with Gasteiger partial charge in [0, 0.05) is 0 Å². The van der Waals surface area contributed by atoms with Crippen molar-refractivity contribution in [2.24, 2.45) is 0 Å². The van der Waals surface area contributed by atoms with Crippen LogP contribution in [-0.4, -0.2) is 21.2 Å². The number of oxazole rings is 1. The quantitative estimate of drug-likeness (QED) is 0.560. The molecule has 1 aromatic heterocycles. The third-order valence-electron chi connectivity index (χ3n) is 0.751. The Morgan fingerprint density at radius 1 is 1.78 bits per heavy atom. The lowest BCUT2D eigenvalue weighted by Crippen LogP contribution is -1.95. The number of aromatic hydroxyl groups is 1. The monoisotopic (exact) mass is 129 g/mol. The molecule has 1 rings (SSSR count). The van der Waals surface area contributed by atoms with Crippen LogP contribution < -0.4 is 0 Å². The summed E-state index contributed by atoms with van der Waals surface area (Å²) in [6, 6.07) is 0. The molecule has 5 heteroatoms. The molecule has 0 fully saturated rings. The average Bonchev–Trinajstić information content (AvgIpc) is 2.13. The summed E-state index contributed by atoms with van der Waals surface area (Å²) in [7, 11) is 0. The number of carboxylic acids is 1. The van der Waals surface area contributed by atoms with Crippen LogP contribution in [0.3, 0.4) is 0 Å². The Labute approximate surface area is 49.6 Å². The van der Waals surface area contributed by atoms with Crippen LogP contribution in [0.5, 0.6) is 5.95 Å². The molecular weight excluding hydrogens is 126 g/mol. The highest BCUT2D eigenvalue weighted by atomic mass is 16.5. The Morgan fingerprint density at radius 3 is 2.67 bits per heavy atom. The number of hydrogen-bond donors (Lipinski definition) is 2. The maximum atomic E-state index is 10.0. The van der Waals surface area contributed by atoms with Gasteiger partial charge in [-0.15, -0.1) is 0 Å². The largest absolute Gasteiger partial charge is 0.479 e. The summed E-state index contributed by atoms with van der Waals surface area (Å²) in [5.74, 6) is -1.97. The molecule has 0 saturated heterocycles. The van der Waals surface area contributed by atoms with E-state index in [9.17, 15) is 4.79 Å². The Morgan fingerprint density at radius 2 is 2.44 bits per heavy atom. The highest BCUT2D eigenvalue weighted by molar-refractivity contribution is 5.87. The van der Waals surface area contributed by atoms with Crippen LogP contribution in [0.1, 0.15) is 10.5 Å². The zero-order chi connectivity index (χ0) is 6.85. The minimum atomic E-state index is -1.30. The number of hydrogen-bond acceptors (Lipinski definition) is 4. The number of carboxylic acid groups (broad SMARTS) is 1. The first-order chi connectivity index (χ1) is 4.22. The summed E-state index contributed by atoms with van der Waals surface area (Å²) < 4.78 is 4.19. The molecule has 48 valence electrons. The van der Waals surface area contributed by atoms with Crippen molar-refractivity contribution in [3.63, 3.8) is 0 Å². The van der Waals surface area contributed by atoms with Gasteiger partial charge in [0.1, 0.15) is 0 Å². The SMILES string of the molecule is O=C(O)c1ncoc1O. The maximum absolute atomic E-state index is 10.0. The fourth-order valence-electron chi connectivity index (χ4n) is 0.387. The number of aromatic nitrogens is 1. The zero-order valence-electron chi connectivity index (χ0n) is 4.24. The molecule has 0 aliphatic carbocycles. The van der Waals surface area contributed by atoms with Gasteiger partial charge in [-0.3, -0.25) is 0 Å². The molecule has 0 atom stereocenters. The van der Waals surface area contributed by atoms with Gasteiger partial charge in [0.25, 0.3) is 0 Å². The molecule has 2 N–H and O–H groups in total. The van der Waals surface area contributed by atoms with Crippen LogP contribution in [-0.2, 0) is 0 Å². The van der Waals surface area contributed by atoms with Crippen molar-refractivity contribution in [3.05, 3.63) is 12.1 Å². The first-order valence-corrected chi connectivity index (χ1v) is 2.07. The van der Waals surface area contributed by atoms with Gasteiger partial charge >= 0.3 is 11.9 Å². The lowest BCUT2D eigenvalue weighted by atomic mass is 10.5. The van der Waals surface area contributed by atoms with E-state index in [1.165, 1.54) is 0 Å². The number of rotatable bonds is 1. The van der Waals surface area contributed by atoms with E-state index < -0.39 is 17.6 Å². The summed E-state index contributed by atoms with van der Waals surface area (Å²) in [5, 5.41) is 16.7. The van der Waals surface area contributed by atoms with Gasteiger partial charge in [-0.25, -0.2) is 9.78 Å². The van der Waals surface area contributed by atoms with Crippen LogP contribution in [0.15, 0.2) is 10.8 Å². The van der Waals surface area contributed by atoms with E-state index in [4.69, 9.17) is 10.2 Å². The minimum Gasteiger partial charge on any atom is -0.479 e. The van der Waals surface area contributed by atoms with Crippen LogP contribution in [0.25, 0.3) is 0 Å². The van der Waals surface area contributed by atoms with Crippen molar-refractivity contribution < 1.29 is 19.4 Å². The van der Waals surface area contributed by atoms with Gasteiger partial charge in [-0.05, 0) is 0 Å². The third-order valence-corrected chi connectivity index (χ3v) is 0.751. The second-order valence-electron chi connectivity index (χ2n) is 1.31. The summed E-state index contributed by atoms with van der Waals surface area (Å²) in [4.78, 5) is 13.2. The summed E-state index contributed by atoms with van der Waals surface area (Å²) in [6.07, 6.45) is 0.860. The molecule has 0 radical (unpaired) electrons. The molecule has 1 heterocycles. The van der Waals surface area contributed by atoms with Crippen molar-refractivity contribution in [3.8, 4) is 5.95 Å². The van der Waals surface area contributed by atoms with E-state index in [0.29, 0.717) is 0 Å². The van der Waals surface area contributed by atoms with Crippen molar-refractivity contribution in [2.75, 3.05) is 0 Å². The second-order valence-corrected chi connectivity index (χ2v) is 1.31. The lowest BCUT2D eigenvalue weighted by molar-refractivity contribution is 0.0685. The summed E-state index contributed by atoms with van der Waals surface area (Å²) >= 11 is 0. The Hall–Kier alpha value is -1.52. The summed E-state index contributed by atoms with van der Waals surface area (Å²) in [5.41, 5.74) is -0.463. The van der Waals surface area contributed by atoms with Crippen molar-refractivity contribution >= 4 is 5.97 Å².